The molecule has 0 radical (unpaired) electrons. The van der Waals surface area contributed by atoms with Crippen LogP contribution in [0.4, 0.5) is 10.5 Å². The van der Waals surface area contributed by atoms with E-state index in [1.165, 1.54) is 30.2 Å². The first-order chi connectivity index (χ1) is 13.3. The van der Waals surface area contributed by atoms with Crippen LogP contribution in [0.25, 0.3) is 0 Å². The SMILES string of the molecule is COC(=O)C1=C(C)N(c2cccc(C(=O)O)c2)C(=O)N[C@H]1c1ccc(Cl)cc1. The van der Waals surface area contributed by atoms with E-state index in [2.05, 4.69) is 5.32 Å². The van der Waals surface area contributed by atoms with Gasteiger partial charge < -0.3 is 15.2 Å². The summed E-state index contributed by atoms with van der Waals surface area (Å²) < 4.78 is 4.92. The number of urea groups is 1. The molecule has 0 bridgehead atoms. The van der Waals surface area contributed by atoms with Gasteiger partial charge in [-0.3, -0.25) is 4.90 Å². The number of allylic oxidation sites excluding steroid dienone is 1. The minimum Gasteiger partial charge on any atom is -0.478 e. The van der Waals surface area contributed by atoms with E-state index >= 15 is 0 Å². The number of carbonyl (C=O) groups excluding carboxylic acids is 2. The molecule has 0 aromatic heterocycles. The first kappa shape index (κ1) is 19.4. The van der Waals surface area contributed by atoms with Gasteiger partial charge in [0.15, 0.2) is 0 Å². The van der Waals surface area contributed by atoms with Crippen LogP contribution in [0.2, 0.25) is 5.02 Å². The van der Waals surface area contributed by atoms with E-state index in [9.17, 15) is 19.5 Å². The molecule has 0 saturated heterocycles. The number of carbonyl (C=O) groups is 3. The summed E-state index contributed by atoms with van der Waals surface area (Å²) in [7, 11) is 1.26. The molecule has 0 saturated carbocycles. The molecule has 1 heterocycles. The Morgan fingerprint density at radius 1 is 1.18 bits per heavy atom. The maximum Gasteiger partial charge on any atom is 0.337 e. The second-order valence-corrected chi connectivity index (χ2v) is 6.55. The lowest BCUT2D eigenvalue weighted by Gasteiger charge is -2.35. The van der Waals surface area contributed by atoms with Crippen LogP contribution in [0.1, 0.15) is 28.9 Å². The summed E-state index contributed by atoms with van der Waals surface area (Å²) in [6.45, 7) is 1.61. The molecule has 2 amide bonds. The number of esters is 1. The summed E-state index contributed by atoms with van der Waals surface area (Å²) in [5.41, 5.74) is 1.60. The molecular formula is C20H17ClN2O5. The van der Waals surface area contributed by atoms with E-state index in [-0.39, 0.29) is 11.1 Å². The Bertz CT molecular complexity index is 984. The molecule has 8 heteroatoms. The predicted molar refractivity (Wildman–Crippen MR) is 103 cm³/mol. The van der Waals surface area contributed by atoms with Crippen LogP contribution in [0.15, 0.2) is 59.8 Å². The zero-order chi connectivity index (χ0) is 20.4. The molecule has 7 nitrogen and oxygen atoms in total. The van der Waals surface area contributed by atoms with Gasteiger partial charge in [-0.2, -0.15) is 0 Å². The number of amides is 2. The number of nitrogens with zero attached hydrogens (tertiary/aromatic N) is 1. The molecule has 1 aliphatic heterocycles. The number of hydrogen-bond donors (Lipinski definition) is 2. The normalized spacial score (nSPS) is 16.6. The monoisotopic (exact) mass is 400 g/mol. The number of carboxylic acid groups (broad SMARTS) is 1. The summed E-state index contributed by atoms with van der Waals surface area (Å²) in [4.78, 5) is 37.9. The molecule has 1 aliphatic rings. The molecule has 2 N–H and O–H groups in total. The summed E-state index contributed by atoms with van der Waals surface area (Å²) in [5, 5.41) is 12.5. The van der Waals surface area contributed by atoms with Crippen LogP contribution in [0.5, 0.6) is 0 Å². The Morgan fingerprint density at radius 3 is 2.46 bits per heavy atom. The molecular weight excluding hydrogens is 384 g/mol. The molecule has 0 unspecified atom stereocenters. The largest absolute Gasteiger partial charge is 0.478 e. The lowest BCUT2D eigenvalue weighted by molar-refractivity contribution is -0.136. The van der Waals surface area contributed by atoms with Crippen molar-refractivity contribution in [2.75, 3.05) is 12.0 Å². The number of aromatic carboxylic acids is 1. The van der Waals surface area contributed by atoms with E-state index in [0.717, 1.165) is 0 Å². The summed E-state index contributed by atoms with van der Waals surface area (Å²) >= 11 is 5.93. The number of hydrogen-bond acceptors (Lipinski definition) is 4. The van der Waals surface area contributed by atoms with Crippen LogP contribution in [0.3, 0.4) is 0 Å². The van der Waals surface area contributed by atoms with Crippen molar-refractivity contribution in [2.24, 2.45) is 0 Å². The molecule has 28 heavy (non-hydrogen) atoms. The van der Waals surface area contributed by atoms with E-state index < -0.39 is 24.0 Å². The number of rotatable bonds is 4. The van der Waals surface area contributed by atoms with Crippen molar-refractivity contribution in [1.82, 2.24) is 5.32 Å². The Balaban J connectivity index is 2.13. The minimum absolute atomic E-state index is 0.0255. The maximum atomic E-state index is 12.8. The van der Waals surface area contributed by atoms with Gasteiger partial charge in [0, 0.05) is 10.7 Å². The van der Waals surface area contributed by atoms with Gasteiger partial charge in [-0.25, -0.2) is 14.4 Å². The third-order valence-corrected chi connectivity index (χ3v) is 4.70. The van der Waals surface area contributed by atoms with Crippen molar-refractivity contribution >= 4 is 35.3 Å². The smallest absolute Gasteiger partial charge is 0.337 e. The standard InChI is InChI=1S/C20H17ClN2O5/c1-11-16(19(26)28-2)17(12-6-8-14(21)9-7-12)22-20(27)23(11)15-5-3-4-13(10-15)18(24)25/h3-10,17H,1-2H3,(H,22,27)(H,24,25)/t17-/m0/s1. The van der Waals surface area contributed by atoms with Crippen molar-refractivity contribution in [1.29, 1.82) is 0 Å². The van der Waals surface area contributed by atoms with Crippen LogP contribution in [0, 0.1) is 0 Å². The molecule has 2 aromatic carbocycles. The quantitative estimate of drug-likeness (QED) is 0.762. The molecule has 0 aliphatic carbocycles. The first-order valence-electron chi connectivity index (χ1n) is 8.32. The lowest BCUT2D eigenvalue weighted by atomic mass is 9.94. The number of halogens is 1. The molecule has 3 rings (SSSR count). The highest BCUT2D eigenvalue weighted by molar-refractivity contribution is 6.30. The zero-order valence-corrected chi connectivity index (χ0v) is 15.9. The third-order valence-electron chi connectivity index (χ3n) is 4.44. The average molecular weight is 401 g/mol. The zero-order valence-electron chi connectivity index (χ0n) is 15.1. The van der Waals surface area contributed by atoms with Crippen molar-refractivity contribution in [3.05, 3.63) is 76.0 Å². The van der Waals surface area contributed by atoms with Gasteiger partial charge in [-0.1, -0.05) is 29.8 Å². The van der Waals surface area contributed by atoms with Crippen molar-refractivity contribution in [3.63, 3.8) is 0 Å². The first-order valence-corrected chi connectivity index (χ1v) is 8.69. The highest BCUT2D eigenvalue weighted by atomic mass is 35.5. The summed E-state index contributed by atoms with van der Waals surface area (Å²) in [6, 6.07) is 11.4. The number of anilines is 1. The lowest BCUT2D eigenvalue weighted by Crippen LogP contribution is -2.48. The third kappa shape index (κ3) is 3.57. The molecule has 2 aromatic rings. The van der Waals surface area contributed by atoms with Gasteiger partial charge in [0.1, 0.15) is 0 Å². The van der Waals surface area contributed by atoms with E-state index in [1.807, 2.05) is 0 Å². The van der Waals surface area contributed by atoms with Gasteiger partial charge in [0.25, 0.3) is 0 Å². The number of methoxy groups -OCH3 is 1. The highest BCUT2D eigenvalue weighted by Crippen LogP contribution is 2.34. The Hall–Kier alpha value is -3.32. The van der Waals surface area contributed by atoms with Gasteiger partial charge in [0.2, 0.25) is 0 Å². The fourth-order valence-electron chi connectivity index (χ4n) is 3.11. The summed E-state index contributed by atoms with van der Waals surface area (Å²) in [6.07, 6.45) is 0. The van der Waals surface area contributed by atoms with E-state index in [1.54, 1.807) is 37.3 Å². The molecule has 0 fully saturated rings. The van der Waals surface area contributed by atoms with Crippen molar-refractivity contribution < 1.29 is 24.2 Å². The second-order valence-electron chi connectivity index (χ2n) is 6.12. The maximum absolute atomic E-state index is 12.8. The van der Waals surface area contributed by atoms with Crippen LogP contribution < -0.4 is 10.2 Å². The number of carboxylic acids is 1. The van der Waals surface area contributed by atoms with Gasteiger partial charge >= 0.3 is 18.0 Å². The Morgan fingerprint density at radius 2 is 1.86 bits per heavy atom. The topological polar surface area (TPSA) is 95.9 Å². The van der Waals surface area contributed by atoms with Gasteiger partial charge in [0.05, 0.1) is 30.0 Å². The number of ether oxygens (including phenoxy) is 1. The van der Waals surface area contributed by atoms with Gasteiger partial charge in [-0.05, 0) is 42.8 Å². The predicted octanol–water partition coefficient (Wildman–Crippen LogP) is 3.76. The summed E-state index contributed by atoms with van der Waals surface area (Å²) in [5.74, 6) is -1.72. The fraction of sp³-hybridized carbons (Fsp3) is 0.150. The number of benzene rings is 2. The van der Waals surface area contributed by atoms with Crippen LogP contribution in [-0.4, -0.2) is 30.2 Å². The molecule has 0 spiro atoms. The molecule has 144 valence electrons. The van der Waals surface area contributed by atoms with Gasteiger partial charge in [-0.15, -0.1) is 0 Å². The minimum atomic E-state index is -1.12. The highest BCUT2D eigenvalue weighted by Gasteiger charge is 2.37. The second kappa shape index (κ2) is 7.74. The number of nitrogens with one attached hydrogen (secondary N) is 1. The van der Waals surface area contributed by atoms with Crippen molar-refractivity contribution in [2.45, 2.75) is 13.0 Å². The van der Waals surface area contributed by atoms with Crippen LogP contribution in [-0.2, 0) is 9.53 Å². The molecule has 1 atom stereocenters. The van der Waals surface area contributed by atoms with E-state index in [0.29, 0.717) is 22.0 Å². The average Bonchev–Trinajstić information content (AvgIpc) is 2.68. The Labute approximate surface area is 166 Å². The fourth-order valence-corrected chi connectivity index (χ4v) is 3.24. The van der Waals surface area contributed by atoms with Crippen LogP contribution >= 0.6 is 11.6 Å². The van der Waals surface area contributed by atoms with E-state index in [4.69, 9.17) is 16.3 Å². The van der Waals surface area contributed by atoms with Crippen molar-refractivity contribution in [3.8, 4) is 0 Å². The Kier molecular flexibility index (Phi) is 5.37.